The Kier molecular flexibility index (Phi) is 15.5. The minimum atomic E-state index is -3.60. The molecule has 0 amide bonds. The van der Waals surface area contributed by atoms with Crippen molar-refractivity contribution in [2.24, 2.45) is 0 Å². The number of aliphatic hydroxyl groups is 2. The maximum atomic E-state index is 10.8. The molecule has 6 heteroatoms. The molecule has 0 aromatic carbocycles. The molecule has 0 bridgehead atoms. The van der Waals surface area contributed by atoms with Gasteiger partial charge in [-0.3, -0.25) is 4.18 Å². The predicted molar refractivity (Wildman–Crippen MR) is 103 cm³/mol. The molecule has 0 aliphatic carbocycles. The van der Waals surface area contributed by atoms with Gasteiger partial charge in [-0.15, -0.1) is 0 Å². The molecule has 2 N–H and O–H groups in total. The predicted octanol–water partition coefficient (Wildman–Crippen LogP) is 3.94. The zero-order chi connectivity index (χ0) is 19.0. The van der Waals surface area contributed by atoms with Crippen LogP contribution in [0.4, 0.5) is 0 Å². The van der Waals surface area contributed by atoms with Gasteiger partial charge in [-0.1, -0.05) is 83.3 Å². The van der Waals surface area contributed by atoms with Crippen LogP contribution in [0.1, 0.15) is 84.0 Å². The van der Waals surface area contributed by atoms with Crippen LogP contribution in [0, 0.1) is 0 Å². The summed E-state index contributed by atoms with van der Waals surface area (Å²) in [5.74, 6) is 0. The summed E-state index contributed by atoms with van der Waals surface area (Å²) in [7, 11) is -3.60. The summed E-state index contributed by atoms with van der Waals surface area (Å²) < 4.78 is 26.1. The van der Waals surface area contributed by atoms with E-state index in [4.69, 9.17) is 0 Å². The van der Waals surface area contributed by atoms with Crippen LogP contribution in [0.2, 0.25) is 0 Å². The Morgan fingerprint density at radius 3 is 1.84 bits per heavy atom. The zero-order valence-electron chi connectivity index (χ0n) is 16.0. The molecule has 2 atom stereocenters. The Labute approximate surface area is 154 Å². The molecule has 0 heterocycles. The lowest BCUT2D eigenvalue weighted by molar-refractivity contribution is 0.0183. The lowest BCUT2D eigenvalue weighted by atomic mass is 10.1. The molecular weight excluding hydrogens is 340 g/mol. The van der Waals surface area contributed by atoms with Gasteiger partial charge in [0, 0.05) is 0 Å². The highest BCUT2D eigenvalue weighted by atomic mass is 32.2. The molecule has 0 fully saturated rings. The standard InChI is InChI=1S/C19H38O5S/c1-3-4-5-6-7-8-9-10-11-12-13-14-15-16-18(20)19(21)17-24-25(2,22)23/h15-16,18-21H,3-14,17H2,1-2H3. The monoisotopic (exact) mass is 378 g/mol. The van der Waals surface area contributed by atoms with Crippen molar-refractivity contribution < 1.29 is 22.8 Å². The Balaban J connectivity index is 3.47. The number of rotatable bonds is 17. The van der Waals surface area contributed by atoms with Crippen molar-refractivity contribution in [2.45, 2.75) is 96.2 Å². The minimum Gasteiger partial charge on any atom is -0.388 e. The average Bonchev–Trinajstić information content (AvgIpc) is 2.56. The van der Waals surface area contributed by atoms with Crippen molar-refractivity contribution in [2.75, 3.05) is 12.9 Å². The van der Waals surface area contributed by atoms with Gasteiger partial charge in [0.15, 0.2) is 0 Å². The summed E-state index contributed by atoms with van der Waals surface area (Å²) in [4.78, 5) is 0. The van der Waals surface area contributed by atoms with E-state index in [1.54, 1.807) is 0 Å². The molecule has 0 aromatic heterocycles. The van der Waals surface area contributed by atoms with E-state index in [-0.39, 0.29) is 0 Å². The summed E-state index contributed by atoms with van der Waals surface area (Å²) in [5.41, 5.74) is 0. The van der Waals surface area contributed by atoms with E-state index in [1.807, 2.05) is 6.08 Å². The smallest absolute Gasteiger partial charge is 0.264 e. The van der Waals surface area contributed by atoms with Crippen LogP contribution < -0.4 is 0 Å². The first kappa shape index (κ1) is 24.6. The third-order valence-electron chi connectivity index (χ3n) is 4.15. The molecule has 0 aromatic rings. The van der Waals surface area contributed by atoms with E-state index in [0.29, 0.717) is 0 Å². The van der Waals surface area contributed by atoms with Gasteiger partial charge in [0.05, 0.1) is 12.9 Å². The lowest BCUT2D eigenvalue weighted by Gasteiger charge is -2.13. The van der Waals surface area contributed by atoms with Gasteiger partial charge in [-0.05, 0) is 12.8 Å². The summed E-state index contributed by atoms with van der Waals surface area (Å²) >= 11 is 0. The third kappa shape index (κ3) is 18.2. The molecule has 0 saturated carbocycles. The van der Waals surface area contributed by atoms with E-state index >= 15 is 0 Å². The maximum absolute atomic E-state index is 10.8. The van der Waals surface area contributed by atoms with Crippen molar-refractivity contribution in [3.8, 4) is 0 Å². The molecule has 5 nitrogen and oxygen atoms in total. The molecule has 0 aliphatic heterocycles. The molecule has 0 aliphatic rings. The summed E-state index contributed by atoms with van der Waals surface area (Å²) in [6, 6.07) is 0. The van der Waals surface area contributed by atoms with Crippen molar-refractivity contribution in [1.82, 2.24) is 0 Å². The molecule has 0 radical (unpaired) electrons. The van der Waals surface area contributed by atoms with Crippen LogP contribution in [-0.4, -0.2) is 43.7 Å². The maximum Gasteiger partial charge on any atom is 0.264 e. The number of allylic oxidation sites excluding steroid dienone is 1. The Morgan fingerprint density at radius 1 is 0.880 bits per heavy atom. The number of hydrogen-bond donors (Lipinski definition) is 2. The van der Waals surface area contributed by atoms with Crippen molar-refractivity contribution in [3.05, 3.63) is 12.2 Å². The molecule has 2 unspecified atom stereocenters. The van der Waals surface area contributed by atoms with E-state index in [0.717, 1.165) is 19.1 Å². The van der Waals surface area contributed by atoms with Gasteiger partial charge in [-0.25, -0.2) is 0 Å². The van der Waals surface area contributed by atoms with Crippen molar-refractivity contribution in [3.63, 3.8) is 0 Å². The van der Waals surface area contributed by atoms with Gasteiger partial charge < -0.3 is 10.2 Å². The van der Waals surface area contributed by atoms with Crippen LogP contribution >= 0.6 is 0 Å². The largest absolute Gasteiger partial charge is 0.388 e. The van der Waals surface area contributed by atoms with Gasteiger partial charge >= 0.3 is 0 Å². The fraction of sp³-hybridized carbons (Fsp3) is 0.895. The normalized spacial score (nSPS) is 14.9. The fourth-order valence-corrected chi connectivity index (χ4v) is 2.97. The van der Waals surface area contributed by atoms with Gasteiger partial charge in [0.1, 0.15) is 12.2 Å². The third-order valence-corrected chi connectivity index (χ3v) is 4.72. The van der Waals surface area contributed by atoms with E-state index in [9.17, 15) is 18.6 Å². The number of hydrogen-bond acceptors (Lipinski definition) is 5. The van der Waals surface area contributed by atoms with E-state index < -0.39 is 28.9 Å². The van der Waals surface area contributed by atoms with Crippen molar-refractivity contribution in [1.29, 1.82) is 0 Å². The molecule has 150 valence electrons. The van der Waals surface area contributed by atoms with Crippen molar-refractivity contribution >= 4 is 10.1 Å². The average molecular weight is 379 g/mol. The highest BCUT2D eigenvalue weighted by Gasteiger charge is 2.15. The second-order valence-corrected chi connectivity index (χ2v) is 8.44. The Hall–Kier alpha value is -0.430. The number of unbranched alkanes of at least 4 members (excludes halogenated alkanes) is 11. The van der Waals surface area contributed by atoms with Gasteiger partial charge in [0.25, 0.3) is 10.1 Å². The van der Waals surface area contributed by atoms with Crippen LogP contribution in [-0.2, 0) is 14.3 Å². The Bertz CT molecular complexity index is 420. The minimum absolute atomic E-state index is 0.428. The van der Waals surface area contributed by atoms with Gasteiger partial charge in [0.2, 0.25) is 0 Å². The lowest BCUT2D eigenvalue weighted by Crippen LogP contribution is -2.29. The summed E-state index contributed by atoms with van der Waals surface area (Å²) in [6.45, 7) is 1.81. The molecular formula is C19H38O5S. The first-order valence-corrected chi connectivity index (χ1v) is 11.6. The van der Waals surface area contributed by atoms with Crippen LogP contribution in [0.5, 0.6) is 0 Å². The molecule has 0 saturated heterocycles. The van der Waals surface area contributed by atoms with Crippen LogP contribution in [0.25, 0.3) is 0 Å². The second-order valence-electron chi connectivity index (χ2n) is 6.80. The SMILES string of the molecule is CCCCCCCCCCCCCC=CC(O)C(O)COS(C)(=O)=O. The Morgan fingerprint density at radius 2 is 1.36 bits per heavy atom. The van der Waals surface area contributed by atoms with E-state index in [2.05, 4.69) is 11.1 Å². The van der Waals surface area contributed by atoms with E-state index in [1.165, 1.54) is 70.3 Å². The highest BCUT2D eigenvalue weighted by Crippen LogP contribution is 2.12. The topological polar surface area (TPSA) is 83.8 Å². The van der Waals surface area contributed by atoms with Crippen LogP contribution in [0.15, 0.2) is 12.2 Å². The second kappa shape index (κ2) is 15.8. The summed E-state index contributed by atoms with van der Waals surface area (Å²) in [6.07, 6.45) is 17.0. The fourth-order valence-electron chi connectivity index (χ4n) is 2.58. The molecule has 0 spiro atoms. The quantitative estimate of drug-likeness (QED) is 0.227. The molecule has 25 heavy (non-hydrogen) atoms. The first-order chi connectivity index (χ1) is 11.9. The summed E-state index contributed by atoms with van der Waals surface area (Å²) in [5, 5.41) is 19.3. The number of aliphatic hydroxyl groups excluding tert-OH is 2. The molecule has 0 rings (SSSR count). The first-order valence-electron chi connectivity index (χ1n) is 9.74. The van der Waals surface area contributed by atoms with Gasteiger partial charge in [-0.2, -0.15) is 8.42 Å². The zero-order valence-corrected chi connectivity index (χ0v) is 16.8. The van der Waals surface area contributed by atoms with Crippen LogP contribution in [0.3, 0.4) is 0 Å². The highest BCUT2D eigenvalue weighted by molar-refractivity contribution is 7.85.